The predicted molar refractivity (Wildman–Crippen MR) is 70.7 cm³/mol. The van der Waals surface area contributed by atoms with Crippen molar-refractivity contribution in [2.75, 3.05) is 13.2 Å². The maximum absolute atomic E-state index is 5.81. The number of ether oxygens (including phenoxy) is 1. The third-order valence-electron chi connectivity index (χ3n) is 4.45. The molecule has 3 atom stereocenters. The Balaban J connectivity index is 1.62. The number of aromatic nitrogens is 2. The van der Waals surface area contributed by atoms with Crippen molar-refractivity contribution in [2.24, 2.45) is 11.7 Å². The van der Waals surface area contributed by atoms with Gasteiger partial charge in [0.2, 0.25) is 5.89 Å². The average molecular weight is 265 g/mol. The zero-order valence-electron chi connectivity index (χ0n) is 11.4. The predicted octanol–water partition coefficient (Wildman–Crippen LogP) is 2.02. The number of rotatable bonds is 4. The van der Waals surface area contributed by atoms with E-state index in [0.717, 1.165) is 37.6 Å². The molecule has 2 aliphatic rings. The third kappa shape index (κ3) is 2.98. The van der Waals surface area contributed by atoms with E-state index in [4.69, 9.17) is 15.0 Å². The molecule has 5 nitrogen and oxygen atoms in total. The molecule has 0 bridgehead atoms. The first-order valence-corrected chi connectivity index (χ1v) is 7.51. The molecule has 1 saturated heterocycles. The van der Waals surface area contributed by atoms with Crippen molar-refractivity contribution < 1.29 is 9.26 Å². The van der Waals surface area contributed by atoms with Gasteiger partial charge < -0.3 is 15.0 Å². The summed E-state index contributed by atoms with van der Waals surface area (Å²) in [6, 6.07) is 0. The van der Waals surface area contributed by atoms with E-state index in [1.807, 2.05) is 0 Å². The highest BCUT2D eigenvalue weighted by Crippen LogP contribution is 2.38. The van der Waals surface area contributed by atoms with Gasteiger partial charge in [-0.05, 0) is 44.6 Å². The van der Waals surface area contributed by atoms with Gasteiger partial charge in [-0.1, -0.05) is 11.6 Å². The Morgan fingerprint density at radius 3 is 2.89 bits per heavy atom. The molecule has 0 spiro atoms. The lowest BCUT2D eigenvalue weighted by atomic mass is 9.96. The smallest absolute Gasteiger partial charge is 0.230 e. The van der Waals surface area contributed by atoms with Gasteiger partial charge in [-0.2, -0.15) is 4.98 Å². The molecule has 3 unspecified atom stereocenters. The van der Waals surface area contributed by atoms with E-state index in [1.165, 1.54) is 25.7 Å². The molecular weight excluding hydrogens is 242 g/mol. The first-order chi connectivity index (χ1) is 9.36. The average Bonchev–Trinajstić information content (AvgIpc) is 3.07. The summed E-state index contributed by atoms with van der Waals surface area (Å²) in [5.41, 5.74) is 5.81. The van der Waals surface area contributed by atoms with Crippen LogP contribution in [0, 0.1) is 5.92 Å². The van der Waals surface area contributed by atoms with Gasteiger partial charge in [0.15, 0.2) is 5.82 Å². The molecule has 1 aliphatic heterocycles. The summed E-state index contributed by atoms with van der Waals surface area (Å²) in [5.74, 6) is 2.47. The normalized spacial score (nSPS) is 31.7. The van der Waals surface area contributed by atoms with Crippen LogP contribution in [-0.2, 0) is 11.2 Å². The molecule has 19 heavy (non-hydrogen) atoms. The highest BCUT2D eigenvalue weighted by molar-refractivity contribution is 5.01. The maximum Gasteiger partial charge on any atom is 0.230 e. The van der Waals surface area contributed by atoms with Gasteiger partial charge in [-0.25, -0.2) is 0 Å². The van der Waals surface area contributed by atoms with Crippen molar-refractivity contribution in [3.05, 3.63) is 11.7 Å². The van der Waals surface area contributed by atoms with E-state index in [0.29, 0.717) is 18.4 Å². The summed E-state index contributed by atoms with van der Waals surface area (Å²) < 4.78 is 11.2. The Labute approximate surface area is 113 Å². The highest BCUT2D eigenvalue weighted by atomic mass is 16.5. The van der Waals surface area contributed by atoms with Crippen LogP contribution in [0.1, 0.15) is 56.2 Å². The largest absolute Gasteiger partial charge is 0.378 e. The molecule has 1 aromatic rings. The van der Waals surface area contributed by atoms with Crippen LogP contribution in [0.4, 0.5) is 0 Å². The van der Waals surface area contributed by atoms with E-state index in [2.05, 4.69) is 10.1 Å². The molecule has 5 heteroatoms. The summed E-state index contributed by atoms with van der Waals surface area (Å²) in [7, 11) is 0. The van der Waals surface area contributed by atoms with Crippen LogP contribution < -0.4 is 5.73 Å². The zero-order chi connectivity index (χ0) is 13.1. The lowest BCUT2D eigenvalue weighted by Gasteiger charge is -2.20. The summed E-state index contributed by atoms with van der Waals surface area (Å²) in [6.45, 7) is 1.58. The van der Waals surface area contributed by atoms with Crippen LogP contribution in [0.5, 0.6) is 0 Å². The van der Waals surface area contributed by atoms with E-state index in [1.54, 1.807) is 0 Å². The maximum atomic E-state index is 5.81. The van der Waals surface area contributed by atoms with Crippen LogP contribution in [0.2, 0.25) is 0 Å². The topological polar surface area (TPSA) is 74.2 Å². The van der Waals surface area contributed by atoms with E-state index >= 15 is 0 Å². The van der Waals surface area contributed by atoms with Crippen molar-refractivity contribution >= 4 is 0 Å². The van der Waals surface area contributed by atoms with Crippen molar-refractivity contribution in [1.29, 1.82) is 0 Å². The van der Waals surface area contributed by atoms with Gasteiger partial charge in [0.05, 0.1) is 6.10 Å². The summed E-state index contributed by atoms with van der Waals surface area (Å²) >= 11 is 0. The molecule has 0 amide bonds. The Morgan fingerprint density at radius 1 is 1.16 bits per heavy atom. The van der Waals surface area contributed by atoms with Crippen molar-refractivity contribution in [2.45, 2.75) is 57.0 Å². The number of nitrogens with zero attached hydrogens (tertiary/aromatic N) is 2. The molecule has 0 radical (unpaired) electrons. The Morgan fingerprint density at radius 2 is 2.11 bits per heavy atom. The van der Waals surface area contributed by atoms with Gasteiger partial charge >= 0.3 is 0 Å². The van der Waals surface area contributed by atoms with Gasteiger partial charge in [-0.3, -0.25) is 0 Å². The number of nitrogens with two attached hydrogens (primary N) is 1. The molecule has 2 fully saturated rings. The minimum Gasteiger partial charge on any atom is -0.378 e. The van der Waals surface area contributed by atoms with Crippen LogP contribution in [0.25, 0.3) is 0 Å². The summed E-state index contributed by atoms with van der Waals surface area (Å²) in [5, 5.41) is 4.12. The van der Waals surface area contributed by atoms with Crippen molar-refractivity contribution in [1.82, 2.24) is 10.1 Å². The fourth-order valence-electron chi connectivity index (χ4n) is 3.32. The van der Waals surface area contributed by atoms with Gasteiger partial charge in [0, 0.05) is 18.9 Å². The molecule has 1 aliphatic carbocycles. The Hall–Kier alpha value is -0.940. The second kappa shape index (κ2) is 6.01. The number of hydrogen-bond donors (Lipinski definition) is 1. The molecule has 1 aromatic heterocycles. The Kier molecular flexibility index (Phi) is 4.13. The first kappa shape index (κ1) is 13.1. The molecule has 0 aromatic carbocycles. The van der Waals surface area contributed by atoms with E-state index in [9.17, 15) is 0 Å². The number of hydrogen-bond acceptors (Lipinski definition) is 5. The highest BCUT2D eigenvalue weighted by Gasteiger charge is 2.32. The van der Waals surface area contributed by atoms with Crippen molar-refractivity contribution in [3.63, 3.8) is 0 Å². The third-order valence-corrected chi connectivity index (χ3v) is 4.45. The monoisotopic (exact) mass is 265 g/mol. The fraction of sp³-hybridized carbons (Fsp3) is 0.857. The second-order valence-electron chi connectivity index (χ2n) is 5.77. The molecular formula is C14H23N3O2. The van der Waals surface area contributed by atoms with Gasteiger partial charge in [-0.15, -0.1) is 0 Å². The van der Waals surface area contributed by atoms with Gasteiger partial charge in [0.25, 0.3) is 0 Å². The Bertz CT molecular complexity index is 401. The molecule has 106 valence electrons. The second-order valence-corrected chi connectivity index (χ2v) is 5.77. The van der Waals surface area contributed by atoms with Crippen molar-refractivity contribution in [3.8, 4) is 0 Å². The van der Waals surface area contributed by atoms with E-state index in [-0.39, 0.29) is 6.10 Å². The molecule has 1 saturated carbocycles. The molecule has 3 rings (SSSR count). The molecule has 2 heterocycles. The summed E-state index contributed by atoms with van der Waals surface area (Å²) in [6.07, 6.45) is 8.11. The minimum absolute atomic E-state index is 0.271. The quantitative estimate of drug-likeness (QED) is 0.901. The molecule has 2 N–H and O–H groups in total. The van der Waals surface area contributed by atoms with Crippen LogP contribution in [-0.4, -0.2) is 29.4 Å². The first-order valence-electron chi connectivity index (χ1n) is 7.51. The lowest BCUT2D eigenvalue weighted by molar-refractivity contribution is 0.0153. The van der Waals surface area contributed by atoms with Crippen LogP contribution in [0.15, 0.2) is 4.52 Å². The van der Waals surface area contributed by atoms with Crippen LogP contribution in [0.3, 0.4) is 0 Å². The summed E-state index contributed by atoms with van der Waals surface area (Å²) in [4.78, 5) is 4.57. The standard InChI is InChI=1S/C14H23N3O2/c15-9-10-4-3-6-12(10)14-16-13(17-19-14)8-11-5-1-2-7-18-11/h10-12H,1-9,15H2. The fourth-order valence-corrected chi connectivity index (χ4v) is 3.32. The zero-order valence-corrected chi connectivity index (χ0v) is 11.4. The van der Waals surface area contributed by atoms with Gasteiger partial charge in [0.1, 0.15) is 0 Å². The minimum atomic E-state index is 0.271. The SMILES string of the molecule is NCC1CCCC1c1nc(CC2CCCCO2)no1. The lowest BCUT2D eigenvalue weighted by Crippen LogP contribution is -2.22. The van der Waals surface area contributed by atoms with Crippen LogP contribution >= 0.6 is 0 Å². The van der Waals surface area contributed by atoms with E-state index < -0.39 is 0 Å².